The van der Waals surface area contributed by atoms with Crippen LogP contribution in [0.2, 0.25) is 0 Å². The highest BCUT2D eigenvalue weighted by Gasteiger charge is 2.31. The molecule has 4 N–H and O–H groups in total. The van der Waals surface area contributed by atoms with Crippen LogP contribution in [0.4, 0.5) is 21.0 Å². The molecular formula is C39H32N4O8S2. The van der Waals surface area contributed by atoms with E-state index in [2.05, 4.69) is 0 Å². The van der Waals surface area contributed by atoms with E-state index in [0.717, 1.165) is 11.1 Å². The van der Waals surface area contributed by atoms with Gasteiger partial charge in [-0.05, 0) is 115 Å². The Labute approximate surface area is 306 Å². The number of rotatable bonds is 12. The first-order valence-corrected chi connectivity index (χ1v) is 18.8. The smallest absolute Gasteiger partial charge is 0.333 e. The number of carbonyl (C=O) groups is 2. The third kappa shape index (κ3) is 8.30. The van der Waals surface area contributed by atoms with E-state index >= 15 is 0 Å². The number of nitrogens with zero attached hydrogens (tertiary/aromatic N) is 2. The molecule has 0 saturated carbocycles. The van der Waals surface area contributed by atoms with Crippen molar-refractivity contribution in [2.75, 3.05) is 8.61 Å². The molecule has 53 heavy (non-hydrogen) atoms. The third-order valence-corrected chi connectivity index (χ3v) is 11.3. The van der Waals surface area contributed by atoms with Gasteiger partial charge in [-0.15, -0.1) is 0 Å². The zero-order valence-electron chi connectivity index (χ0n) is 27.8. The van der Waals surface area contributed by atoms with Gasteiger partial charge in [0, 0.05) is 0 Å². The lowest BCUT2D eigenvalue weighted by atomic mass is 10.0. The van der Waals surface area contributed by atoms with Crippen LogP contribution in [0, 0.1) is 0 Å². The zero-order chi connectivity index (χ0) is 37.6. The van der Waals surface area contributed by atoms with Crippen molar-refractivity contribution in [1.29, 1.82) is 0 Å². The van der Waals surface area contributed by atoms with Crippen molar-refractivity contribution in [1.82, 2.24) is 0 Å². The maximum absolute atomic E-state index is 13.5. The minimum Gasteiger partial charge on any atom is -0.457 e. The number of para-hydroxylation sites is 2. The first-order chi connectivity index (χ1) is 25.4. The van der Waals surface area contributed by atoms with Gasteiger partial charge in [-0.25, -0.2) is 26.4 Å². The quantitative estimate of drug-likeness (QED) is 0.130. The van der Waals surface area contributed by atoms with Crippen molar-refractivity contribution in [3.8, 4) is 23.0 Å². The Kier molecular flexibility index (Phi) is 10.4. The normalized spacial score (nSPS) is 11.3. The van der Waals surface area contributed by atoms with Crippen molar-refractivity contribution in [3.05, 3.63) is 169 Å². The number of carbonyl (C=O) groups excluding carboxylic acids is 2. The molecule has 268 valence electrons. The second-order valence-corrected chi connectivity index (χ2v) is 15.1. The van der Waals surface area contributed by atoms with Crippen LogP contribution in [-0.2, 0) is 26.5 Å². The minimum atomic E-state index is -4.38. The van der Waals surface area contributed by atoms with Gasteiger partial charge in [0.05, 0.1) is 21.2 Å². The summed E-state index contributed by atoms with van der Waals surface area (Å²) in [7, 11) is -8.75. The Morgan fingerprint density at radius 3 is 1.04 bits per heavy atom. The molecule has 0 saturated heterocycles. The van der Waals surface area contributed by atoms with E-state index in [9.17, 15) is 26.4 Å². The molecule has 0 heterocycles. The Balaban J connectivity index is 1.14. The largest absolute Gasteiger partial charge is 0.457 e. The summed E-state index contributed by atoms with van der Waals surface area (Å²) in [5, 5.41) is 0. The molecule has 0 fully saturated rings. The number of sulfonamides is 2. The van der Waals surface area contributed by atoms with Crippen molar-refractivity contribution in [2.24, 2.45) is 11.5 Å². The lowest BCUT2D eigenvalue weighted by Crippen LogP contribution is -2.40. The summed E-state index contributed by atoms with van der Waals surface area (Å²) >= 11 is 0. The van der Waals surface area contributed by atoms with Gasteiger partial charge in [-0.2, -0.15) is 8.61 Å². The molecule has 6 rings (SSSR count). The number of hydrogen-bond acceptors (Lipinski definition) is 8. The summed E-state index contributed by atoms with van der Waals surface area (Å²) in [6.07, 6.45) is 0.346. The Morgan fingerprint density at radius 1 is 0.434 bits per heavy atom. The Hall–Kier alpha value is -6.64. The third-order valence-electron chi connectivity index (χ3n) is 7.83. The fraction of sp³-hybridized carbons (Fsp3) is 0.0256. The molecule has 0 unspecified atom stereocenters. The van der Waals surface area contributed by atoms with Crippen molar-refractivity contribution in [3.63, 3.8) is 0 Å². The van der Waals surface area contributed by atoms with Gasteiger partial charge in [-0.1, -0.05) is 60.7 Å². The summed E-state index contributed by atoms with van der Waals surface area (Å²) in [5.74, 6) is 1.96. The predicted molar refractivity (Wildman–Crippen MR) is 200 cm³/mol. The number of primary amides is 2. The molecule has 0 spiro atoms. The highest BCUT2D eigenvalue weighted by molar-refractivity contribution is 7.94. The summed E-state index contributed by atoms with van der Waals surface area (Å²) in [5.41, 5.74) is 12.6. The average Bonchev–Trinajstić information content (AvgIpc) is 3.14. The van der Waals surface area contributed by atoms with E-state index in [1.54, 1.807) is 72.8 Å². The second kappa shape index (κ2) is 15.3. The fourth-order valence-electron chi connectivity index (χ4n) is 5.32. The fourth-order valence-corrected chi connectivity index (χ4v) is 7.98. The average molecular weight is 749 g/mol. The van der Waals surface area contributed by atoms with Crippen molar-refractivity contribution in [2.45, 2.75) is 16.2 Å². The van der Waals surface area contributed by atoms with E-state index in [0.29, 0.717) is 38.0 Å². The molecule has 14 heteroatoms. The van der Waals surface area contributed by atoms with E-state index in [4.69, 9.17) is 20.9 Å². The molecule has 0 atom stereocenters. The molecule has 0 radical (unpaired) electrons. The predicted octanol–water partition coefficient (Wildman–Crippen LogP) is 7.41. The summed E-state index contributed by atoms with van der Waals surface area (Å²) in [4.78, 5) is 24.6. The highest BCUT2D eigenvalue weighted by atomic mass is 32.2. The van der Waals surface area contributed by atoms with E-state index in [1.165, 1.54) is 72.8 Å². The van der Waals surface area contributed by atoms with E-state index in [1.807, 2.05) is 12.1 Å². The molecule has 6 aromatic rings. The first kappa shape index (κ1) is 36.2. The standard InChI is InChI=1S/C39H32N4O8S2/c40-38(44)42(52(46,47)36-23-19-34(20-24-36)50-32-7-3-1-4-8-32)30-15-11-28(12-16-30)27-29-13-17-31(18-14-29)43(39(41)45)53(48,49)37-25-21-35(22-26-37)51-33-9-5-2-6-10-33/h1-26H,27H2,(H2,40,44)(H2,41,45). The first-order valence-electron chi connectivity index (χ1n) is 16.0. The Morgan fingerprint density at radius 2 is 0.736 bits per heavy atom. The van der Waals surface area contributed by atoms with Gasteiger partial charge in [0.2, 0.25) is 0 Å². The summed E-state index contributed by atoms with van der Waals surface area (Å²) in [6, 6.07) is 39.1. The van der Waals surface area contributed by atoms with Crippen LogP contribution in [0.1, 0.15) is 11.1 Å². The number of anilines is 2. The number of hydrogen-bond donors (Lipinski definition) is 2. The number of amides is 4. The van der Waals surface area contributed by atoms with Crippen LogP contribution < -0.4 is 29.6 Å². The van der Waals surface area contributed by atoms with Crippen LogP contribution in [0.3, 0.4) is 0 Å². The van der Waals surface area contributed by atoms with E-state index in [-0.39, 0.29) is 21.2 Å². The lowest BCUT2D eigenvalue weighted by Gasteiger charge is -2.21. The topological polar surface area (TPSA) is 179 Å². The van der Waals surface area contributed by atoms with Crippen LogP contribution in [0.15, 0.2) is 168 Å². The molecule has 0 aliphatic heterocycles. The van der Waals surface area contributed by atoms with E-state index < -0.39 is 32.1 Å². The van der Waals surface area contributed by atoms with Crippen LogP contribution in [0.5, 0.6) is 23.0 Å². The second-order valence-electron chi connectivity index (χ2n) is 11.5. The highest BCUT2D eigenvalue weighted by Crippen LogP contribution is 2.30. The lowest BCUT2D eigenvalue weighted by molar-refractivity contribution is 0.256. The molecule has 0 bridgehead atoms. The van der Waals surface area contributed by atoms with Gasteiger partial charge >= 0.3 is 12.1 Å². The molecule has 0 aliphatic rings. The van der Waals surface area contributed by atoms with Gasteiger partial charge in [-0.3, -0.25) is 0 Å². The maximum atomic E-state index is 13.5. The van der Waals surface area contributed by atoms with Gasteiger partial charge in [0.15, 0.2) is 0 Å². The molecule has 4 amide bonds. The van der Waals surface area contributed by atoms with Crippen LogP contribution >= 0.6 is 0 Å². The number of nitrogens with two attached hydrogens (primary N) is 2. The molecule has 0 aromatic heterocycles. The number of benzene rings is 6. The van der Waals surface area contributed by atoms with Crippen molar-refractivity contribution < 1.29 is 35.9 Å². The SMILES string of the molecule is NC(=O)N(c1ccc(Cc2ccc(N(C(N)=O)S(=O)(=O)c3ccc(Oc4ccccc4)cc3)cc2)cc1)S(=O)(=O)c1ccc(Oc2ccccc2)cc1. The maximum Gasteiger partial charge on any atom is 0.333 e. The molecule has 12 nitrogen and oxygen atoms in total. The van der Waals surface area contributed by atoms with Crippen molar-refractivity contribution >= 4 is 43.5 Å². The monoisotopic (exact) mass is 748 g/mol. The number of urea groups is 2. The van der Waals surface area contributed by atoms with Crippen LogP contribution in [-0.4, -0.2) is 28.9 Å². The minimum absolute atomic E-state index is 0.0307. The van der Waals surface area contributed by atoms with Gasteiger partial charge in [0.1, 0.15) is 23.0 Å². The van der Waals surface area contributed by atoms with Crippen LogP contribution in [0.25, 0.3) is 0 Å². The zero-order valence-corrected chi connectivity index (χ0v) is 29.5. The molecular weight excluding hydrogens is 717 g/mol. The molecule has 0 aliphatic carbocycles. The summed E-state index contributed by atoms with van der Waals surface area (Å²) in [6.45, 7) is 0. The number of ether oxygens (including phenoxy) is 2. The Bertz CT molecular complexity index is 2260. The summed E-state index contributed by atoms with van der Waals surface area (Å²) < 4.78 is 66.5. The van der Waals surface area contributed by atoms with Gasteiger partial charge < -0.3 is 20.9 Å². The molecule has 6 aromatic carbocycles. The van der Waals surface area contributed by atoms with Gasteiger partial charge in [0.25, 0.3) is 20.0 Å².